The van der Waals surface area contributed by atoms with E-state index >= 15 is 0 Å². The van der Waals surface area contributed by atoms with Gasteiger partial charge >= 0.3 is 0 Å². The van der Waals surface area contributed by atoms with Gasteiger partial charge in [-0.05, 0) is 43.0 Å². The van der Waals surface area contributed by atoms with Gasteiger partial charge < -0.3 is 10.1 Å². The average Bonchev–Trinajstić information content (AvgIpc) is 3.15. The monoisotopic (exact) mass is 506 g/mol. The first-order valence-corrected chi connectivity index (χ1v) is 13.1. The molecule has 1 atom stereocenters. The van der Waals surface area contributed by atoms with E-state index < -0.39 is 16.1 Å². The molecule has 8 nitrogen and oxygen atoms in total. The molecule has 2 N–H and O–H groups in total. The third-order valence-corrected chi connectivity index (χ3v) is 8.00. The zero-order valence-electron chi connectivity index (χ0n) is 19.9. The van der Waals surface area contributed by atoms with Crippen LogP contribution in [0.1, 0.15) is 50.7 Å². The number of ketones is 1. The van der Waals surface area contributed by atoms with Crippen LogP contribution in [0.15, 0.2) is 35.4 Å². The summed E-state index contributed by atoms with van der Waals surface area (Å²) in [5, 5.41) is 9.53. The number of aryl methyl sites for hydroxylation is 1. The van der Waals surface area contributed by atoms with Crippen molar-refractivity contribution in [2.45, 2.75) is 57.9 Å². The fourth-order valence-electron chi connectivity index (χ4n) is 4.08. The predicted molar refractivity (Wildman–Crippen MR) is 132 cm³/mol. The number of nitrogens with one attached hydrogen (secondary N) is 1. The molecule has 0 saturated carbocycles. The molecule has 0 spiro atoms. The van der Waals surface area contributed by atoms with Crippen molar-refractivity contribution in [1.29, 1.82) is 0 Å². The van der Waals surface area contributed by atoms with Gasteiger partial charge in [-0.2, -0.15) is 4.31 Å². The highest BCUT2D eigenvalue weighted by Gasteiger charge is 2.35. The van der Waals surface area contributed by atoms with Gasteiger partial charge in [0.25, 0.3) is 0 Å². The van der Waals surface area contributed by atoms with Gasteiger partial charge in [0.1, 0.15) is 11.3 Å². The molecule has 0 bridgehead atoms. The molecular weight excluding hydrogens is 476 g/mol. The molecule has 1 aromatic carbocycles. The third-order valence-electron chi connectivity index (χ3n) is 5.67. The number of hydrogen-bond donors (Lipinski definition) is 2. The number of Topliss-reactive ketones (excluding diaryl/α,β-unsaturated/α-hetero) is 1. The zero-order valence-corrected chi connectivity index (χ0v) is 21.4. The van der Waals surface area contributed by atoms with Crippen molar-refractivity contribution in [3.63, 3.8) is 0 Å². The van der Waals surface area contributed by atoms with E-state index in [1.807, 2.05) is 26.8 Å². The Morgan fingerprint density at radius 1 is 1.26 bits per heavy atom. The average molecular weight is 507 g/mol. The fourth-order valence-corrected chi connectivity index (χ4v) is 6.05. The molecule has 0 aliphatic rings. The van der Waals surface area contributed by atoms with E-state index in [0.29, 0.717) is 17.9 Å². The molecule has 34 heavy (non-hydrogen) atoms. The van der Waals surface area contributed by atoms with Crippen LogP contribution < -0.4 is 0 Å². The summed E-state index contributed by atoms with van der Waals surface area (Å²) in [6.45, 7) is 7.24. The first-order valence-electron chi connectivity index (χ1n) is 11.3. The largest absolute Gasteiger partial charge is 0.396 e. The maximum Gasteiger partial charge on any atom is 0.243 e. The van der Waals surface area contributed by atoms with Crippen molar-refractivity contribution in [1.82, 2.24) is 19.3 Å². The second kappa shape index (κ2) is 10.9. The number of nitrogens with zero attached hydrogens (tertiary/aromatic N) is 3. The number of imidazole rings is 1. The normalized spacial score (nSPS) is 13.2. The molecule has 184 valence electrons. The van der Waals surface area contributed by atoms with Crippen LogP contribution in [0, 0.1) is 12.8 Å². The Morgan fingerprint density at radius 2 is 2.00 bits per heavy atom. The molecule has 2 aromatic heterocycles. The molecule has 0 aliphatic carbocycles. The number of aliphatic hydroxyl groups excluding tert-OH is 1. The van der Waals surface area contributed by atoms with Gasteiger partial charge in [-0.15, -0.1) is 0 Å². The van der Waals surface area contributed by atoms with Crippen molar-refractivity contribution >= 4 is 38.4 Å². The van der Waals surface area contributed by atoms with Crippen molar-refractivity contribution in [2.24, 2.45) is 5.92 Å². The number of pyridine rings is 1. The van der Waals surface area contributed by atoms with Gasteiger partial charge in [0.15, 0.2) is 5.78 Å². The smallest absolute Gasteiger partial charge is 0.243 e. The van der Waals surface area contributed by atoms with Crippen LogP contribution in [0.2, 0.25) is 5.02 Å². The lowest BCUT2D eigenvalue weighted by atomic mass is 9.99. The number of benzene rings is 1. The van der Waals surface area contributed by atoms with Crippen LogP contribution >= 0.6 is 11.6 Å². The Morgan fingerprint density at radius 3 is 2.62 bits per heavy atom. The second-order valence-electron chi connectivity index (χ2n) is 8.70. The number of fused-ring (bicyclic) bond motifs is 1. The number of hydrogen-bond acceptors (Lipinski definition) is 6. The molecule has 0 radical (unpaired) electrons. The minimum Gasteiger partial charge on any atom is -0.396 e. The maximum absolute atomic E-state index is 13.5. The molecule has 0 fully saturated rings. The predicted octanol–water partition coefficient (Wildman–Crippen LogP) is 3.89. The third kappa shape index (κ3) is 5.66. The molecule has 0 amide bonds. The molecule has 0 aliphatic heterocycles. The SMILES string of the molecule is CCN([C@@H](CC(C)C)C(=O)CCO)S(=O)(=O)c1ccc(Cc2nccc3[nH]c(C)nc23)c(Cl)c1. The van der Waals surface area contributed by atoms with Gasteiger partial charge in [0.2, 0.25) is 10.0 Å². The van der Waals surface area contributed by atoms with E-state index in [-0.39, 0.29) is 36.2 Å². The zero-order chi connectivity index (χ0) is 25.0. The van der Waals surface area contributed by atoms with Crippen molar-refractivity contribution in [3.8, 4) is 0 Å². The summed E-state index contributed by atoms with van der Waals surface area (Å²) in [7, 11) is -3.99. The fraction of sp³-hybridized carbons (Fsp3) is 0.458. The molecule has 10 heteroatoms. The van der Waals surface area contributed by atoms with Gasteiger partial charge in [-0.25, -0.2) is 13.4 Å². The summed E-state index contributed by atoms with van der Waals surface area (Å²) in [5.74, 6) is 0.588. The Kier molecular flexibility index (Phi) is 8.46. The molecule has 0 saturated heterocycles. The van der Waals surface area contributed by atoms with Crippen LogP contribution in [0.5, 0.6) is 0 Å². The number of aliphatic hydroxyl groups is 1. The molecule has 0 unspecified atom stereocenters. The second-order valence-corrected chi connectivity index (χ2v) is 11.0. The van der Waals surface area contributed by atoms with Crippen LogP contribution in [-0.2, 0) is 21.2 Å². The van der Waals surface area contributed by atoms with Gasteiger partial charge in [0.05, 0.1) is 28.8 Å². The summed E-state index contributed by atoms with van der Waals surface area (Å²) in [6, 6.07) is 5.62. The van der Waals surface area contributed by atoms with Gasteiger partial charge in [0, 0.05) is 30.6 Å². The highest BCUT2D eigenvalue weighted by Crippen LogP contribution is 2.28. The Bertz CT molecular complexity index is 1270. The van der Waals surface area contributed by atoms with E-state index in [0.717, 1.165) is 28.1 Å². The minimum atomic E-state index is -3.99. The number of aromatic nitrogens is 3. The summed E-state index contributed by atoms with van der Waals surface area (Å²) >= 11 is 6.53. The van der Waals surface area contributed by atoms with Crippen LogP contribution in [0.4, 0.5) is 0 Å². The first-order chi connectivity index (χ1) is 16.1. The quantitative estimate of drug-likeness (QED) is 0.407. The van der Waals surface area contributed by atoms with Crippen LogP contribution in [0.3, 0.4) is 0 Å². The summed E-state index contributed by atoms with van der Waals surface area (Å²) in [5.41, 5.74) is 3.09. The Labute approximate surface area is 205 Å². The van der Waals surface area contributed by atoms with E-state index in [2.05, 4.69) is 15.0 Å². The summed E-state index contributed by atoms with van der Waals surface area (Å²) < 4.78 is 28.3. The number of halogens is 1. The van der Waals surface area contributed by atoms with E-state index in [9.17, 15) is 18.3 Å². The Hall–Kier alpha value is -2.33. The topological polar surface area (TPSA) is 116 Å². The standard InChI is InChI=1S/C24H31ClN4O4S/c1-5-29(22(12-15(2)3)23(31)9-11-30)34(32,33)18-7-6-17(19(25)14-18)13-21-24-20(8-10-26-21)27-16(4)28-24/h6-8,10,14-15,22,30H,5,9,11-13H2,1-4H3,(H,27,28)/t22-/m0/s1. The number of rotatable bonds is 11. The highest BCUT2D eigenvalue weighted by molar-refractivity contribution is 7.89. The lowest BCUT2D eigenvalue weighted by Crippen LogP contribution is -2.45. The number of likely N-dealkylation sites (N-methyl/N-ethyl adjacent to an activating group) is 1. The maximum atomic E-state index is 13.5. The number of sulfonamides is 1. The van der Waals surface area contributed by atoms with Gasteiger partial charge in [-0.1, -0.05) is 38.4 Å². The number of aromatic amines is 1. The van der Waals surface area contributed by atoms with E-state index in [1.54, 1.807) is 19.2 Å². The number of carbonyl (C=O) groups excluding carboxylic acids is 1. The van der Waals surface area contributed by atoms with Crippen LogP contribution in [0.25, 0.3) is 11.0 Å². The van der Waals surface area contributed by atoms with E-state index in [4.69, 9.17) is 11.6 Å². The molecule has 2 heterocycles. The van der Waals surface area contributed by atoms with Crippen LogP contribution in [-0.4, -0.2) is 57.8 Å². The minimum absolute atomic E-state index is 0.0236. The summed E-state index contributed by atoms with van der Waals surface area (Å²) in [6.07, 6.45) is 2.37. The van der Waals surface area contributed by atoms with Crippen molar-refractivity contribution < 1.29 is 18.3 Å². The molecular formula is C24H31ClN4O4S. The number of H-pyrrole nitrogens is 1. The molecule has 3 rings (SSSR count). The van der Waals surface area contributed by atoms with Crippen molar-refractivity contribution in [2.75, 3.05) is 13.2 Å². The first kappa shape index (κ1) is 26.3. The lowest BCUT2D eigenvalue weighted by molar-refractivity contribution is -0.123. The van der Waals surface area contributed by atoms with Crippen molar-refractivity contribution in [3.05, 3.63) is 52.6 Å². The van der Waals surface area contributed by atoms with Gasteiger partial charge in [-0.3, -0.25) is 9.78 Å². The highest BCUT2D eigenvalue weighted by atomic mass is 35.5. The Balaban J connectivity index is 1.93. The number of carbonyl (C=O) groups is 1. The summed E-state index contributed by atoms with van der Waals surface area (Å²) in [4.78, 5) is 24.8. The molecule has 3 aromatic rings. The lowest BCUT2D eigenvalue weighted by Gasteiger charge is -2.30. The van der Waals surface area contributed by atoms with E-state index in [1.165, 1.54) is 16.4 Å².